The molecule has 0 saturated carbocycles. The van der Waals surface area contributed by atoms with Gasteiger partial charge in [-0.15, -0.1) is 0 Å². The van der Waals surface area contributed by atoms with Gasteiger partial charge in [0.25, 0.3) is 0 Å². The van der Waals surface area contributed by atoms with E-state index >= 15 is 0 Å². The van der Waals surface area contributed by atoms with Crippen molar-refractivity contribution < 1.29 is 14.3 Å². The van der Waals surface area contributed by atoms with Crippen LogP contribution in [0.1, 0.15) is 30.1 Å². The van der Waals surface area contributed by atoms with Crippen LogP contribution in [0.4, 0.5) is 10.1 Å². The zero-order chi connectivity index (χ0) is 25.9. The topological polar surface area (TPSA) is 83.6 Å². The predicted octanol–water partition coefficient (Wildman–Crippen LogP) is 3.73. The first-order valence-electron chi connectivity index (χ1n) is 12.2. The van der Waals surface area contributed by atoms with Gasteiger partial charge in [0, 0.05) is 31.9 Å². The Morgan fingerprint density at radius 1 is 0.865 bits per heavy atom. The zero-order valence-electron chi connectivity index (χ0n) is 20.4. The van der Waals surface area contributed by atoms with E-state index in [1.165, 1.54) is 27.7 Å². The lowest BCUT2D eigenvalue weighted by atomic mass is 10.0. The van der Waals surface area contributed by atoms with Crippen molar-refractivity contribution in [2.75, 3.05) is 31.1 Å². The molecule has 1 N–H and O–H groups in total. The Hall–Kier alpha value is -4.24. The Bertz CT molecular complexity index is 1410. The summed E-state index contributed by atoms with van der Waals surface area (Å²) in [5.74, 6) is -1.17. The van der Waals surface area contributed by atoms with E-state index in [1.807, 2.05) is 66.4 Å². The van der Waals surface area contributed by atoms with Crippen molar-refractivity contribution >= 4 is 11.7 Å². The van der Waals surface area contributed by atoms with Gasteiger partial charge < -0.3 is 10.0 Å². The molecule has 37 heavy (non-hydrogen) atoms. The lowest BCUT2D eigenvalue weighted by molar-refractivity contribution is -0.143. The third-order valence-electron chi connectivity index (χ3n) is 6.93. The molecule has 5 rings (SSSR count). The molecule has 1 saturated heterocycles. The minimum absolute atomic E-state index is 0.279. The number of hydrogen-bond acceptors (Lipinski definition) is 5. The van der Waals surface area contributed by atoms with Crippen molar-refractivity contribution in [1.29, 1.82) is 0 Å². The van der Waals surface area contributed by atoms with Gasteiger partial charge in [-0.2, -0.15) is 5.10 Å². The molecule has 2 atom stereocenters. The van der Waals surface area contributed by atoms with Crippen molar-refractivity contribution in [3.8, 4) is 5.69 Å². The van der Waals surface area contributed by atoms with E-state index < -0.39 is 12.0 Å². The quantitative estimate of drug-likeness (QED) is 0.416. The maximum atomic E-state index is 13.3. The number of nitrogens with zero attached hydrogens (tertiary/aromatic N) is 5. The second-order valence-corrected chi connectivity index (χ2v) is 9.15. The van der Waals surface area contributed by atoms with E-state index in [-0.39, 0.29) is 17.5 Å². The number of rotatable bonds is 7. The molecule has 190 valence electrons. The molecular weight excluding hydrogens is 473 g/mol. The molecule has 8 nitrogen and oxygen atoms in total. The van der Waals surface area contributed by atoms with Crippen molar-refractivity contribution in [1.82, 2.24) is 19.2 Å². The fourth-order valence-electron chi connectivity index (χ4n) is 4.85. The highest BCUT2D eigenvalue weighted by molar-refractivity contribution is 5.75. The van der Waals surface area contributed by atoms with Gasteiger partial charge in [0.1, 0.15) is 18.2 Å². The van der Waals surface area contributed by atoms with Crippen LogP contribution < -0.4 is 10.6 Å². The van der Waals surface area contributed by atoms with Crippen LogP contribution in [0.2, 0.25) is 0 Å². The summed E-state index contributed by atoms with van der Waals surface area (Å²) < 4.78 is 16.1. The summed E-state index contributed by atoms with van der Waals surface area (Å²) in [5, 5.41) is 14.1. The standard InChI is InChI=1S/C28H28FN5O3/c1-20(21-7-9-23(29)10-8-21)34-28(37)33(19-30-34)25-13-11-24(12-14-25)31-15-17-32(18-16-31)26(27(35)36)22-5-3-2-4-6-22/h2-14,19-20,26H,15-18H2,1H3,(H,35,36). The molecule has 2 heterocycles. The Morgan fingerprint density at radius 3 is 2.11 bits per heavy atom. The zero-order valence-corrected chi connectivity index (χ0v) is 20.4. The number of carboxylic acid groups (broad SMARTS) is 1. The molecule has 1 fully saturated rings. The van der Waals surface area contributed by atoms with E-state index in [1.54, 1.807) is 12.1 Å². The molecule has 4 aromatic rings. The van der Waals surface area contributed by atoms with Crippen LogP contribution in [0.25, 0.3) is 5.69 Å². The summed E-state index contributed by atoms with van der Waals surface area (Å²) in [7, 11) is 0. The molecule has 1 aliphatic rings. The van der Waals surface area contributed by atoms with E-state index in [9.17, 15) is 19.1 Å². The largest absolute Gasteiger partial charge is 0.480 e. The SMILES string of the molecule is CC(c1ccc(F)cc1)n1ncn(-c2ccc(N3CCN(C(C(=O)O)c4ccccc4)CC3)cc2)c1=O. The van der Waals surface area contributed by atoms with Crippen molar-refractivity contribution in [3.63, 3.8) is 0 Å². The minimum Gasteiger partial charge on any atom is -0.480 e. The number of aromatic nitrogens is 3. The number of halogens is 1. The van der Waals surface area contributed by atoms with Gasteiger partial charge in [0.2, 0.25) is 0 Å². The third kappa shape index (κ3) is 5.03. The number of piperazine rings is 1. The molecule has 0 aliphatic carbocycles. The van der Waals surface area contributed by atoms with E-state index in [0.29, 0.717) is 31.9 Å². The maximum Gasteiger partial charge on any atom is 0.350 e. The number of anilines is 1. The predicted molar refractivity (Wildman–Crippen MR) is 139 cm³/mol. The highest BCUT2D eigenvalue weighted by Gasteiger charge is 2.30. The van der Waals surface area contributed by atoms with Crippen LogP contribution in [-0.2, 0) is 4.79 Å². The molecule has 0 spiro atoms. The number of carboxylic acids is 1. The van der Waals surface area contributed by atoms with E-state index in [2.05, 4.69) is 10.00 Å². The minimum atomic E-state index is -0.844. The molecule has 1 aromatic heterocycles. The van der Waals surface area contributed by atoms with Crippen LogP contribution in [0.15, 0.2) is 90.0 Å². The van der Waals surface area contributed by atoms with Crippen molar-refractivity contribution in [3.05, 3.63) is 113 Å². The van der Waals surface area contributed by atoms with Gasteiger partial charge in [-0.25, -0.2) is 18.4 Å². The summed E-state index contributed by atoms with van der Waals surface area (Å²) in [6.45, 7) is 4.50. The fourth-order valence-corrected chi connectivity index (χ4v) is 4.85. The smallest absolute Gasteiger partial charge is 0.350 e. The van der Waals surface area contributed by atoms with Gasteiger partial charge in [0.15, 0.2) is 0 Å². The Balaban J connectivity index is 1.27. The normalized spacial score (nSPS) is 15.9. The molecule has 0 amide bonds. The van der Waals surface area contributed by atoms with Crippen LogP contribution in [0.5, 0.6) is 0 Å². The van der Waals surface area contributed by atoms with Crippen molar-refractivity contribution in [2.24, 2.45) is 0 Å². The average Bonchev–Trinajstić information content (AvgIpc) is 3.31. The first kappa shape index (κ1) is 24.5. The molecule has 3 aromatic carbocycles. The van der Waals surface area contributed by atoms with Gasteiger partial charge in [-0.3, -0.25) is 9.69 Å². The van der Waals surface area contributed by atoms with Crippen molar-refractivity contribution in [2.45, 2.75) is 19.0 Å². The summed E-state index contributed by atoms with van der Waals surface area (Å²) >= 11 is 0. The van der Waals surface area contributed by atoms with Gasteiger partial charge in [-0.1, -0.05) is 42.5 Å². The second-order valence-electron chi connectivity index (χ2n) is 9.15. The van der Waals surface area contributed by atoms with Crippen LogP contribution in [-0.4, -0.2) is 56.5 Å². The van der Waals surface area contributed by atoms with Crippen LogP contribution >= 0.6 is 0 Å². The summed E-state index contributed by atoms with van der Waals surface area (Å²) in [4.78, 5) is 29.2. The fraction of sp³-hybridized carbons (Fsp3) is 0.250. The molecule has 9 heteroatoms. The number of benzene rings is 3. The highest BCUT2D eigenvalue weighted by atomic mass is 19.1. The first-order chi connectivity index (χ1) is 17.9. The second kappa shape index (κ2) is 10.4. The Labute approximate surface area is 213 Å². The van der Waals surface area contributed by atoms with Crippen LogP contribution in [0, 0.1) is 5.82 Å². The molecule has 1 aliphatic heterocycles. The summed E-state index contributed by atoms with van der Waals surface area (Å²) in [5.41, 5.74) is 3.00. The van der Waals surface area contributed by atoms with E-state index in [0.717, 1.165) is 16.8 Å². The van der Waals surface area contributed by atoms with Gasteiger partial charge in [-0.05, 0) is 54.4 Å². The first-order valence-corrected chi connectivity index (χ1v) is 12.2. The average molecular weight is 502 g/mol. The van der Waals surface area contributed by atoms with Crippen LogP contribution in [0.3, 0.4) is 0 Å². The summed E-state index contributed by atoms with van der Waals surface area (Å²) in [6, 6.07) is 22.0. The maximum absolute atomic E-state index is 13.3. The summed E-state index contributed by atoms with van der Waals surface area (Å²) in [6.07, 6.45) is 1.49. The Morgan fingerprint density at radius 2 is 1.49 bits per heavy atom. The van der Waals surface area contributed by atoms with Gasteiger partial charge in [0.05, 0.1) is 11.7 Å². The van der Waals surface area contributed by atoms with Gasteiger partial charge >= 0.3 is 11.7 Å². The lowest BCUT2D eigenvalue weighted by Gasteiger charge is -2.39. The number of carbonyl (C=O) groups is 1. The lowest BCUT2D eigenvalue weighted by Crippen LogP contribution is -2.49. The molecular formula is C28H28FN5O3. The molecule has 0 bridgehead atoms. The monoisotopic (exact) mass is 501 g/mol. The Kier molecular flexibility index (Phi) is 6.87. The molecule has 2 unspecified atom stereocenters. The molecule has 0 radical (unpaired) electrons. The highest BCUT2D eigenvalue weighted by Crippen LogP contribution is 2.25. The number of aliphatic carboxylic acids is 1. The van der Waals surface area contributed by atoms with E-state index in [4.69, 9.17) is 0 Å². The number of hydrogen-bond donors (Lipinski definition) is 1. The third-order valence-corrected chi connectivity index (χ3v) is 6.93.